The molecule has 4 rings (SSSR count). The van der Waals surface area contributed by atoms with Gasteiger partial charge in [-0.1, -0.05) is 6.07 Å². The van der Waals surface area contributed by atoms with Gasteiger partial charge in [-0.3, -0.25) is 14.8 Å². The topological polar surface area (TPSA) is 91.3 Å². The van der Waals surface area contributed by atoms with Gasteiger partial charge in [-0.15, -0.1) is 0 Å². The number of fused-ring (bicyclic) bond motifs is 1. The Morgan fingerprint density at radius 1 is 1.19 bits per heavy atom. The SMILES string of the molecule is CS(=O)(=O)N1CCN(C2CCc3[nH]n(-c4ccccn4)c(=O)c3C2)CC1. The Hall–Kier alpha value is -1.97. The molecule has 1 atom stereocenters. The van der Waals surface area contributed by atoms with Crippen molar-refractivity contribution in [2.75, 3.05) is 32.4 Å². The van der Waals surface area contributed by atoms with E-state index in [2.05, 4.69) is 15.0 Å². The number of aryl methyl sites for hydroxylation is 1. The highest BCUT2D eigenvalue weighted by Crippen LogP contribution is 2.23. The van der Waals surface area contributed by atoms with Crippen molar-refractivity contribution in [1.29, 1.82) is 0 Å². The molecule has 26 heavy (non-hydrogen) atoms. The summed E-state index contributed by atoms with van der Waals surface area (Å²) in [5.41, 5.74) is 1.79. The van der Waals surface area contributed by atoms with Crippen molar-refractivity contribution in [1.82, 2.24) is 24.0 Å². The van der Waals surface area contributed by atoms with Crippen LogP contribution in [0.4, 0.5) is 0 Å². The van der Waals surface area contributed by atoms with E-state index in [1.807, 2.05) is 18.2 Å². The first kappa shape index (κ1) is 17.4. The van der Waals surface area contributed by atoms with Gasteiger partial charge >= 0.3 is 0 Å². The van der Waals surface area contributed by atoms with Crippen LogP contribution in [0.15, 0.2) is 29.2 Å². The van der Waals surface area contributed by atoms with E-state index in [1.54, 1.807) is 6.20 Å². The highest BCUT2D eigenvalue weighted by atomic mass is 32.2. The van der Waals surface area contributed by atoms with Crippen LogP contribution in [-0.2, 0) is 22.9 Å². The molecule has 0 amide bonds. The first-order chi connectivity index (χ1) is 12.4. The van der Waals surface area contributed by atoms with E-state index in [-0.39, 0.29) is 11.6 Å². The molecule has 2 aliphatic rings. The molecule has 3 heterocycles. The number of piperazine rings is 1. The third kappa shape index (κ3) is 3.22. The molecular weight excluding hydrogens is 354 g/mol. The van der Waals surface area contributed by atoms with E-state index < -0.39 is 10.0 Å². The molecule has 8 nitrogen and oxygen atoms in total. The number of pyridine rings is 1. The summed E-state index contributed by atoms with van der Waals surface area (Å²) in [5.74, 6) is 0.602. The van der Waals surface area contributed by atoms with Crippen LogP contribution in [0.2, 0.25) is 0 Å². The molecule has 0 saturated carbocycles. The fourth-order valence-electron chi connectivity index (χ4n) is 3.94. The summed E-state index contributed by atoms with van der Waals surface area (Å²) >= 11 is 0. The minimum Gasteiger partial charge on any atom is -0.297 e. The molecule has 0 aromatic carbocycles. The summed E-state index contributed by atoms with van der Waals surface area (Å²) in [4.78, 5) is 19.4. The van der Waals surface area contributed by atoms with Gasteiger partial charge in [0.25, 0.3) is 5.56 Å². The summed E-state index contributed by atoms with van der Waals surface area (Å²) < 4.78 is 26.4. The van der Waals surface area contributed by atoms with Gasteiger partial charge in [0, 0.05) is 49.7 Å². The van der Waals surface area contributed by atoms with Gasteiger partial charge in [0.1, 0.15) is 0 Å². The number of nitrogens with one attached hydrogen (secondary N) is 1. The van der Waals surface area contributed by atoms with Crippen LogP contribution in [0.25, 0.3) is 5.82 Å². The number of aromatic nitrogens is 3. The normalized spacial score (nSPS) is 22.3. The first-order valence-electron chi connectivity index (χ1n) is 8.87. The van der Waals surface area contributed by atoms with Crippen LogP contribution in [-0.4, -0.2) is 70.9 Å². The zero-order valence-electron chi connectivity index (χ0n) is 14.8. The Morgan fingerprint density at radius 2 is 1.96 bits per heavy atom. The fraction of sp³-hybridized carbons (Fsp3) is 0.529. The minimum absolute atomic E-state index is 0.0295. The molecule has 0 spiro atoms. The molecule has 9 heteroatoms. The second-order valence-electron chi connectivity index (χ2n) is 6.99. The van der Waals surface area contributed by atoms with Crippen molar-refractivity contribution in [3.05, 3.63) is 46.0 Å². The molecule has 0 radical (unpaired) electrons. The molecule has 1 unspecified atom stereocenters. The molecular formula is C17H23N5O3S. The van der Waals surface area contributed by atoms with Crippen molar-refractivity contribution in [2.45, 2.75) is 25.3 Å². The van der Waals surface area contributed by atoms with Crippen LogP contribution in [0.3, 0.4) is 0 Å². The van der Waals surface area contributed by atoms with E-state index in [9.17, 15) is 13.2 Å². The lowest BCUT2D eigenvalue weighted by molar-refractivity contribution is 0.126. The number of H-pyrrole nitrogens is 1. The summed E-state index contributed by atoms with van der Waals surface area (Å²) in [5, 5.41) is 3.20. The summed E-state index contributed by atoms with van der Waals surface area (Å²) in [7, 11) is -3.12. The van der Waals surface area contributed by atoms with Crippen LogP contribution in [0.1, 0.15) is 17.7 Å². The predicted molar refractivity (Wildman–Crippen MR) is 98.0 cm³/mol. The van der Waals surface area contributed by atoms with E-state index in [0.717, 1.165) is 24.1 Å². The minimum atomic E-state index is -3.12. The van der Waals surface area contributed by atoms with Gasteiger partial charge < -0.3 is 0 Å². The highest BCUT2D eigenvalue weighted by Gasteiger charge is 2.32. The van der Waals surface area contributed by atoms with Crippen molar-refractivity contribution in [3.63, 3.8) is 0 Å². The first-order valence-corrected chi connectivity index (χ1v) is 10.7. The monoisotopic (exact) mass is 377 g/mol. The van der Waals surface area contributed by atoms with Crippen LogP contribution < -0.4 is 5.56 Å². The second kappa shape index (κ2) is 6.64. The molecule has 1 fully saturated rings. The maximum absolute atomic E-state index is 12.8. The highest BCUT2D eigenvalue weighted by molar-refractivity contribution is 7.88. The Labute approximate surface area is 152 Å². The summed E-state index contributed by atoms with van der Waals surface area (Å²) in [6, 6.07) is 5.78. The number of hydrogen-bond acceptors (Lipinski definition) is 5. The number of sulfonamides is 1. The Bertz CT molecular complexity index is 943. The van der Waals surface area contributed by atoms with Gasteiger partial charge in [-0.2, -0.15) is 4.31 Å². The van der Waals surface area contributed by atoms with Crippen LogP contribution in [0.5, 0.6) is 0 Å². The van der Waals surface area contributed by atoms with Crippen molar-refractivity contribution >= 4 is 10.0 Å². The van der Waals surface area contributed by atoms with E-state index >= 15 is 0 Å². The largest absolute Gasteiger partial charge is 0.297 e. The van der Waals surface area contributed by atoms with Gasteiger partial charge in [0.2, 0.25) is 10.0 Å². The van der Waals surface area contributed by atoms with Crippen molar-refractivity contribution in [3.8, 4) is 5.82 Å². The number of nitrogens with zero attached hydrogens (tertiary/aromatic N) is 4. The third-order valence-corrected chi connectivity index (χ3v) is 6.68. The number of rotatable bonds is 3. The average Bonchev–Trinajstić information content (AvgIpc) is 2.98. The lowest BCUT2D eigenvalue weighted by Crippen LogP contribution is -2.53. The maximum Gasteiger partial charge on any atom is 0.276 e. The molecule has 1 saturated heterocycles. The van der Waals surface area contributed by atoms with E-state index in [0.29, 0.717) is 38.4 Å². The predicted octanol–water partition coefficient (Wildman–Crippen LogP) is -0.00490. The Balaban J connectivity index is 1.51. The quantitative estimate of drug-likeness (QED) is 0.813. The Morgan fingerprint density at radius 3 is 2.62 bits per heavy atom. The molecule has 0 bridgehead atoms. The third-order valence-electron chi connectivity index (χ3n) is 5.38. The zero-order chi connectivity index (χ0) is 18.3. The van der Waals surface area contributed by atoms with Gasteiger partial charge in [0.15, 0.2) is 5.82 Å². The summed E-state index contributed by atoms with van der Waals surface area (Å²) in [6.07, 6.45) is 5.42. The Kier molecular flexibility index (Phi) is 4.45. The van der Waals surface area contributed by atoms with Gasteiger partial charge in [-0.25, -0.2) is 18.1 Å². The van der Waals surface area contributed by atoms with Crippen LogP contribution in [0, 0.1) is 0 Å². The molecule has 1 aliphatic heterocycles. The number of aromatic amines is 1. The maximum atomic E-state index is 12.8. The standard InChI is InChI=1S/C17H23N5O3S/c1-26(24,25)21-10-8-20(9-11-21)13-5-6-15-14(12-13)17(23)22(19-15)16-4-2-3-7-18-16/h2-4,7,13,19H,5-6,8-12H2,1H3. The second-order valence-corrected chi connectivity index (χ2v) is 8.97. The zero-order valence-corrected chi connectivity index (χ0v) is 15.6. The van der Waals surface area contributed by atoms with Crippen molar-refractivity contribution in [2.24, 2.45) is 0 Å². The van der Waals surface area contributed by atoms with Crippen molar-refractivity contribution < 1.29 is 8.42 Å². The smallest absolute Gasteiger partial charge is 0.276 e. The lowest BCUT2D eigenvalue weighted by Gasteiger charge is -2.39. The fourth-order valence-corrected chi connectivity index (χ4v) is 4.77. The van der Waals surface area contributed by atoms with E-state index in [4.69, 9.17) is 0 Å². The number of hydrogen-bond donors (Lipinski definition) is 1. The molecule has 140 valence electrons. The summed E-state index contributed by atoms with van der Waals surface area (Å²) in [6.45, 7) is 2.47. The molecule has 1 aliphatic carbocycles. The van der Waals surface area contributed by atoms with E-state index in [1.165, 1.54) is 15.2 Å². The van der Waals surface area contributed by atoms with Gasteiger partial charge in [0.05, 0.1) is 6.26 Å². The average molecular weight is 377 g/mol. The molecule has 1 N–H and O–H groups in total. The van der Waals surface area contributed by atoms with Gasteiger partial charge in [-0.05, 0) is 31.4 Å². The molecule has 2 aromatic rings. The molecule has 2 aromatic heterocycles. The van der Waals surface area contributed by atoms with Crippen LogP contribution >= 0.6 is 0 Å². The lowest BCUT2D eigenvalue weighted by atomic mass is 9.92.